The standard InChI is InChI=1S/C30H33N3O3/c1-6-32(7-2)22-14-15-24(20(3)19-22)30(25-12-10-16-31-28(25)29(34)36-30)27-21(4)33(17-18-35-5)26-13-9-8-11-23(26)27/h8-16,19H,6-7,17-18H2,1-5H3. The molecule has 1 atom stereocenters. The number of methoxy groups -OCH3 is 1. The lowest BCUT2D eigenvalue weighted by molar-refractivity contribution is 0.0249. The first kappa shape index (κ1) is 24.1. The Morgan fingerprint density at radius 2 is 1.81 bits per heavy atom. The van der Waals surface area contributed by atoms with Crippen molar-refractivity contribution < 1.29 is 14.3 Å². The third-order valence-electron chi connectivity index (χ3n) is 7.45. The Kier molecular flexibility index (Phi) is 6.31. The predicted molar refractivity (Wildman–Crippen MR) is 143 cm³/mol. The number of aryl methyl sites for hydroxylation is 1. The Morgan fingerprint density at radius 1 is 1.03 bits per heavy atom. The van der Waals surface area contributed by atoms with E-state index >= 15 is 0 Å². The molecule has 0 saturated carbocycles. The number of ether oxygens (including phenoxy) is 2. The van der Waals surface area contributed by atoms with Crippen LogP contribution in [0, 0.1) is 13.8 Å². The minimum absolute atomic E-state index is 0.373. The molecule has 0 saturated heterocycles. The average molecular weight is 484 g/mol. The van der Waals surface area contributed by atoms with E-state index in [1.165, 1.54) is 0 Å². The number of hydrogen-bond donors (Lipinski definition) is 0. The molecule has 0 amide bonds. The molecule has 2 aromatic heterocycles. The predicted octanol–water partition coefficient (Wildman–Crippen LogP) is 5.61. The fraction of sp³-hybridized carbons (Fsp3) is 0.333. The first-order valence-corrected chi connectivity index (χ1v) is 12.6. The Bertz CT molecular complexity index is 1440. The summed E-state index contributed by atoms with van der Waals surface area (Å²) < 4.78 is 14.2. The van der Waals surface area contributed by atoms with Gasteiger partial charge in [0, 0.05) is 71.9 Å². The first-order valence-electron chi connectivity index (χ1n) is 12.6. The van der Waals surface area contributed by atoms with Crippen LogP contribution in [0.4, 0.5) is 5.69 Å². The molecular formula is C30H33N3O3. The zero-order valence-electron chi connectivity index (χ0n) is 21.7. The number of fused-ring (bicyclic) bond motifs is 2. The highest BCUT2D eigenvalue weighted by Crippen LogP contribution is 2.51. The molecule has 0 N–H and O–H groups in total. The molecule has 3 heterocycles. The van der Waals surface area contributed by atoms with Crippen molar-refractivity contribution in [2.24, 2.45) is 0 Å². The van der Waals surface area contributed by atoms with E-state index in [0.29, 0.717) is 18.8 Å². The van der Waals surface area contributed by atoms with Crippen LogP contribution in [0.5, 0.6) is 0 Å². The van der Waals surface area contributed by atoms with Gasteiger partial charge in [-0.3, -0.25) is 0 Å². The number of carbonyl (C=O) groups is 1. The number of pyridine rings is 1. The summed E-state index contributed by atoms with van der Waals surface area (Å²) in [6.45, 7) is 11.7. The topological polar surface area (TPSA) is 56.6 Å². The molecule has 0 aliphatic carbocycles. The van der Waals surface area contributed by atoms with Crippen LogP contribution in [0.25, 0.3) is 10.9 Å². The zero-order valence-corrected chi connectivity index (χ0v) is 21.7. The number of hydrogen-bond acceptors (Lipinski definition) is 5. The van der Waals surface area contributed by atoms with Crippen LogP contribution in [-0.4, -0.2) is 42.3 Å². The normalized spacial score (nSPS) is 16.9. The number of cyclic esters (lactones) is 1. The number of para-hydroxylation sites is 1. The van der Waals surface area contributed by atoms with Gasteiger partial charge >= 0.3 is 5.97 Å². The maximum absolute atomic E-state index is 13.3. The van der Waals surface area contributed by atoms with Crippen LogP contribution in [0.15, 0.2) is 60.8 Å². The lowest BCUT2D eigenvalue weighted by Crippen LogP contribution is -2.32. The van der Waals surface area contributed by atoms with E-state index in [1.807, 2.05) is 24.3 Å². The van der Waals surface area contributed by atoms with Gasteiger partial charge in [-0.1, -0.05) is 30.3 Å². The number of nitrogens with zero attached hydrogens (tertiary/aromatic N) is 3. The molecule has 0 radical (unpaired) electrons. The van der Waals surface area contributed by atoms with Gasteiger partial charge in [0.05, 0.1) is 6.61 Å². The molecule has 6 nitrogen and oxygen atoms in total. The fourth-order valence-corrected chi connectivity index (χ4v) is 5.79. The van der Waals surface area contributed by atoms with Crippen LogP contribution in [0.2, 0.25) is 0 Å². The van der Waals surface area contributed by atoms with Crippen LogP contribution < -0.4 is 4.90 Å². The number of esters is 1. The number of benzene rings is 2. The van der Waals surface area contributed by atoms with Gasteiger partial charge in [0.25, 0.3) is 0 Å². The maximum Gasteiger partial charge on any atom is 0.358 e. The number of aromatic nitrogens is 2. The van der Waals surface area contributed by atoms with Crippen molar-refractivity contribution >= 4 is 22.6 Å². The summed E-state index contributed by atoms with van der Waals surface area (Å²) >= 11 is 0. The third kappa shape index (κ3) is 3.51. The summed E-state index contributed by atoms with van der Waals surface area (Å²) in [6, 6.07) is 18.6. The van der Waals surface area contributed by atoms with E-state index in [4.69, 9.17) is 9.47 Å². The van der Waals surface area contributed by atoms with Crippen molar-refractivity contribution in [2.75, 3.05) is 31.7 Å². The minimum Gasteiger partial charge on any atom is -0.439 e. The molecule has 36 heavy (non-hydrogen) atoms. The number of rotatable bonds is 8. The molecule has 1 aliphatic rings. The molecule has 2 aromatic carbocycles. The average Bonchev–Trinajstić information content (AvgIpc) is 3.34. The van der Waals surface area contributed by atoms with Crippen molar-refractivity contribution in [2.45, 2.75) is 39.8 Å². The second-order valence-corrected chi connectivity index (χ2v) is 9.26. The summed E-state index contributed by atoms with van der Waals surface area (Å²) in [5, 5.41) is 1.06. The van der Waals surface area contributed by atoms with E-state index in [1.54, 1.807) is 13.3 Å². The Balaban J connectivity index is 1.85. The molecular weight excluding hydrogens is 450 g/mol. The molecule has 1 unspecified atom stereocenters. The zero-order chi connectivity index (χ0) is 25.4. The van der Waals surface area contributed by atoms with Crippen molar-refractivity contribution in [3.8, 4) is 0 Å². The summed E-state index contributed by atoms with van der Waals surface area (Å²) in [5.41, 5.74) is 6.35. The summed E-state index contributed by atoms with van der Waals surface area (Å²) in [6.07, 6.45) is 1.65. The van der Waals surface area contributed by atoms with Gasteiger partial charge in [-0.2, -0.15) is 0 Å². The third-order valence-corrected chi connectivity index (χ3v) is 7.45. The molecule has 0 bridgehead atoms. The minimum atomic E-state index is -1.10. The van der Waals surface area contributed by atoms with E-state index in [-0.39, 0.29) is 0 Å². The molecule has 6 heteroatoms. The van der Waals surface area contributed by atoms with Crippen molar-refractivity contribution in [1.82, 2.24) is 9.55 Å². The van der Waals surface area contributed by atoms with Crippen LogP contribution in [0.1, 0.15) is 52.3 Å². The molecule has 5 rings (SSSR count). The highest BCUT2D eigenvalue weighted by molar-refractivity contribution is 5.97. The largest absolute Gasteiger partial charge is 0.439 e. The molecule has 1 aliphatic heterocycles. The van der Waals surface area contributed by atoms with E-state index in [9.17, 15) is 4.79 Å². The molecule has 0 spiro atoms. The second-order valence-electron chi connectivity index (χ2n) is 9.26. The molecule has 4 aromatic rings. The van der Waals surface area contributed by atoms with Crippen molar-refractivity contribution in [3.05, 3.63) is 94.4 Å². The monoisotopic (exact) mass is 483 g/mol. The smallest absolute Gasteiger partial charge is 0.358 e. The highest BCUT2D eigenvalue weighted by Gasteiger charge is 2.52. The summed E-state index contributed by atoms with van der Waals surface area (Å²) in [5.74, 6) is -0.397. The maximum atomic E-state index is 13.3. The Morgan fingerprint density at radius 3 is 2.53 bits per heavy atom. The summed E-state index contributed by atoms with van der Waals surface area (Å²) in [4.78, 5) is 20.1. The van der Waals surface area contributed by atoms with Gasteiger partial charge in [0.15, 0.2) is 11.3 Å². The number of carbonyl (C=O) groups excluding carboxylic acids is 1. The Labute approximate surface area is 212 Å². The van der Waals surface area contributed by atoms with E-state index < -0.39 is 11.6 Å². The lowest BCUT2D eigenvalue weighted by Gasteiger charge is -2.33. The van der Waals surface area contributed by atoms with Crippen LogP contribution >= 0.6 is 0 Å². The van der Waals surface area contributed by atoms with Gasteiger partial charge in [-0.15, -0.1) is 0 Å². The van der Waals surface area contributed by atoms with E-state index in [2.05, 4.69) is 72.5 Å². The van der Waals surface area contributed by atoms with Crippen LogP contribution in [0.3, 0.4) is 0 Å². The number of anilines is 1. The summed E-state index contributed by atoms with van der Waals surface area (Å²) in [7, 11) is 1.71. The van der Waals surface area contributed by atoms with Gasteiger partial charge < -0.3 is 18.9 Å². The van der Waals surface area contributed by atoms with Crippen molar-refractivity contribution in [3.63, 3.8) is 0 Å². The van der Waals surface area contributed by atoms with Gasteiger partial charge in [0.2, 0.25) is 0 Å². The van der Waals surface area contributed by atoms with Gasteiger partial charge in [-0.25, -0.2) is 9.78 Å². The molecule has 0 fully saturated rings. The van der Waals surface area contributed by atoms with Crippen LogP contribution in [-0.2, 0) is 21.6 Å². The molecule has 186 valence electrons. The van der Waals surface area contributed by atoms with E-state index in [0.717, 1.165) is 57.6 Å². The first-order chi connectivity index (χ1) is 17.5. The SMILES string of the molecule is CCN(CC)c1ccc(C2(c3c(C)n(CCOC)c4ccccc34)OC(=O)c3ncccc32)c(C)c1. The van der Waals surface area contributed by atoms with Gasteiger partial charge in [-0.05, 0) is 57.5 Å². The highest BCUT2D eigenvalue weighted by atomic mass is 16.6. The van der Waals surface area contributed by atoms with Gasteiger partial charge in [0.1, 0.15) is 0 Å². The second kappa shape index (κ2) is 9.43. The van der Waals surface area contributed by atoms with Crippen molar-refractivity contribution in [1.29, 1.82) is 0 Å². The fourth-order valence-electron chi connectivity index (χ4n) is 5.79. The Hall–Kier alpha value is -3.64. The quantitative estimate of drug-likeness (QED) is 0.305. The lowest BCUT2D eigenvalue weighted by atomic mass is 9.77.